The van der Waals surface area contributed by atoms with Crippen molar-refractivity contribution >= 4 is 28.1 Å². The van der Waals surface area contributed by atoms with Crippen LogP contribution in [0, 0.1) is 0 Å². The number of thiazole rings is 1. The second kappa shape index (κ2) is 5.94. The Morgan fingerprint density at radius 1 is 1.32 bits per heavy atom. The molecule has 0 unspecified atom stereocenters. The van der Waals surface area contributed by atoms with Crippen LogP contribution in [0.2, 0.25) is 0 Å². The molecular weight excluding hydrogens is 300 g/mol. The number of nitrogens with zero attached hydrogens (tertiary/aromatic N) is 3. The number of rotatable bonds is 4. The average molecular weight is 314 g/mol. The molecule has 4 N–H and O–H groups in total. The Bertz CT molecular complexity index is 792. The Balaban J connectivity index is 1.74. The zero-order chi connectivity index (χ0) is 15.5. The van der Waals surface area contributed by atoms with E-state index in [9.17, 15) is 4.79 Å². The van der Waals surface area contributed by atoms with Gasteiger partial charge in [-0.05, 0) is 24.3 Å². The summed E-state index contributed by atoms with van der Waals surface area (Å²) in [6.07, 6.45) is 0.560. The fourth-order valence-electron chi connectivity index (χ4n) is 1.98. The smallest absolute Gasteiger partial charge is 0.221 e. The average Bonchev–Trinajstić information content (AvgIpc) is 3.09. The van der Waals surface area contributed by atoms with Crippen LogP contribution in [0.5, 0.6) is 0 Å². The fraction of sp³-hybridized carbons (Fsp3) is 0.143. The molecule has 0 radical (unpaired) electrons. The van der Waals surface area contributed by atoms with Gasteiger partial charge in [-0.15, -0.1) is 11.3 Å². The van der Waals surface area contributed by atoms with Crippen LogP contribution in [-0.4, -0.2) is 26.1 Å². The van der Waals surface area contributed by atoms with Crippen LogP contribution in [0.4, 0.5) is 10.8 Å². The molecule has 3 rings (SSSR count). The van der Waals surface area contributed by atoms with E-state index in [1.54, 1.807) is 0 Å². The summed E-state index contributed by atoms with van der Waals surface area (Å²) in [7, 11) is 0. The van der Waals surface area contributed by atoms with E-state index in [1.165, 1.54) is 18.3 Å². The summed E-state index contributed by atoms with van der Waals surface area (Å²) in [5, 5.41) is 12.3. The van der Waals surface area contributed by atoms with Gasteiger partial charge in [0.15, 0.2) is 11.0 Å². The van der Waals surface area contributed by atoms with E-state index >= 15 is 0 Å². The summed E-state index contributed by atoms with van der Waals surface area (Å²) in [5.74, 6) is 1.23. The Hall–Kier alpha value is -2.74. The van der Waals surface area contributed by atoms with Crippen molar-refractivity contribution < 1.29 is 4.79 Å². The number of hydrogen-bond acceptors (Lipinski definition) is 6. The Morgan fingerprint density at radius 2 is 2.09 bits per heavy atom. The van der Waals surface area contributed by atoms with Crippen molar-refractivity contribution in [2.24, 2.45) is 0 Å². The second-order valence-electron chi connectivity index (χ2n) is 4.72. The predicted molar refractivity (Wildman–Crippen MR) is 85.5 cm³/mol. The molecule has 8 heteroatoms. The van der Waals surface area contributed by atoms with Gasteiger partial charge >= 0.3 is 0 Å². The van der Waals surface area contributed by atoms with Crippen molar-refractivity contribution in [1.82, 2.24) is 20.2 Å². The quantitative estimate of drug-likeness (QED) is 0.683. The first-order valence-electron chi connectivity index (χ1n) is 6.59. The van der Waals surface area contributed by atoms with Crippen LogP contribution in [0.3, 0.4) is 0 Å². The summed E-state index contributed by atoms with van der Waals surface area (Å²) in [4.78, 5) is 19.6. The number of anilines is 2. The van der Waals surface area contributed by atoms with E-state index < -0.39 is 0 Å². The molecule has 0 aliphatic heterocycles. The summed E-state index contributed by atoms with van der Waals surface area (Å²) in [5.41, 5.74) is 8.09. The van der Waals surface area contributed by atoms with Gasteiger partial charge in [-0.25, -0.2) is 9.97 Å². The number of aromatic amines is 1. The number of nitrogens with one attached hydrogen (secondary N) is 2. The highest BCUT2D eigenvalue weighted by Crippen LogP contribution is 2.19. The predicted octanol–water partition coefficient (Wildman–Crippen LogP) is 2.06. The summed E-state index contributed by atoms with van der Waals surface area (Å²) in [6, 6.07) is 7.35. The van der Waals surface area contributed by atoms with Gasteiger partial charge in [0.25, 0.3) is 0 Å². The standard InChI is InChI=1S/C14H14N6OS/c1-8(21)16-10-4-2-9(3-5-10)13-18-12(19-20-13)6-11-7-22-14(15)17-11/h2-5,7H,6H2,1H3,(H2,15,17)(H,16,21)(H,18,19,20). The minimum atomic E-state index is -0.101. The van der Waals surface area contributed by atoms with E-state index in [1.807, 2.05) is 29.6 Å². The van der Waals surface area contributed by atoms with Crippen molar-refractivity contribution in [2.75, 3.05) is 11.1 Å². The molecule has 0 spiro atoms. The number of hydrogen-bond donors (Lipinski definition) is 3. The highest BCUT2D eigenvalue weighted by atomic mass is 32.1. The Labute approximate surface area is 130 Å². The monoisotopic (exact) mass is 314 g/mol. The highest BCUT2D eigenvalue weighted by molar-refractivity contribution is 7.13. The van der Waals surface area contributed by atoms with Crippen molar-refractivity contribution in [1.29, 1.82) is 0 Å². The SMILES string of the molecule is CC(=O)Nc1ccc(-c2n[nH]c(Cc3csc(N)n3)n2)cc1. The molecule has 3 aromatic rings. The lowest BCUT2D eigenvalue weighted by atomic mass is 10.2. The molecule has 0 saturated carbocycles. The number of H-pyrrole nitrogens is 1. The van der Waals surface area contributed by atoms with Gasteiger partial charge in [-0.2, -0.15) is 5.10 Å². The first-order chi connectivity index (χ1) is 10.6. The number of nitrogens with two attached hydrogens (primary N) is 1. The molecule has 0 saturated heterocycles. The number of nitrogen functional groups attached to an aromatic ring is 1. The maximum atomic E-state index is 11.0. The topological polar surface area (TPSA) is 110 Å². The molecule has 0 fully saturated rings. The molecule has 22 heavy (non-hydrogen) atoms. The maximum Gasteiger partial charge on any atom is 0.221 e. The molecule has 0 aliphatic carbocycles. The fourth-order valence-corrected chi connectivity index (χ4v) is 2.55. The zero-order valence-electron chi connectivity index (χ0n) is 11.8. The van der Waals surface area contributed by atoms with Crippen LogP contribution in [0.25, 0.3) is 11.4 Å². The van der Waals surface area contributed by atoms with Gasteiger partial charge < -0.3 is 11.1 Å². The zero-order valence-corrected chi connectivity index (χ0v) is 12.6. The highest BCUT2D eigenvalue weighted by Gasteiger charge is 2.08. The second-order valence-corrected chi connectivity index (χ2v) is 5.61. The number of carbonyl (C=O) groups is 1. The maximum absolute atomic E-state index is 11.0. The lowest BCUT2D eigenvalue weighted by Gasteiger charge is -2.01. The first kappa shape index (κ1) is 14.2. The minimum Gasteiger partial charge on any atom is -0.375 e. The molecule has 2 heterocycles. The molecule has 0 aliphatic rings. The minimum absolute atomic E-state index is 0.101. The van der Waals surface area contributed by atoms with Gasteiger partial charge in [0.2, 0.25) is 5.91 Å². The van der Waals surface area contributed by atoms with Gasteiger partial charge in [0.05, 0.1) is 12.1 Å². The van der Waals surface area contributed by atoms with E-state index in [4.69, 9.17) is 5.73 Å². The van der Waals surface area contributed by atoms with Crippen LogP contribution in [-0.2, 0) is 11.2 Å². The summed E-state index contributed by atoms with van der Waals surface area (Å²) < 4.78 is 0. The lowest BCUT2D eigenvalue weighted by Crippen LogP contribution is -2.05. The molecule has 1 amide bonds. The molecule has 2 aromatic heterocycles. The Morgan fingerprint density at radius 3 is 2.73 bits per heavy atom. The van der Waals surface area contributed by atoms with E-state index in [2.05, 4.69) is 25.5 Å². The number of amides is 1. The van der Waals surface area contributed by atoms with Crippen molar-refractivity contribution in [3.05, 3.63) is 41.2 Å². The van der Waals surface area contributed by atoms with Crippen LogP contribution in [0.15, 0.2) is 29.6 Å². The van der Waals surface area contributed by atoms with E-state index in [0.29, 0.717) is 17.4 Å². The molecular formula is C14H14N6OS. The van der Waals surface area contributed by atoms with E-state index in [-0.39, 0.29) is 5.91 Å². The summed E-state index contributed by atoms with van der Waals surface area (Å²) >= 11 is 1.40. The number of benzene rings is 1. The number of carbonyl (C=O) groups excluding carboxylic acids is 1. The van der Waals surface area contributed by atoms with E-state index in [0.717, 1.165) is 22.8 Å². The molecule has 7 nitrogen and oxygen atoms in total. The molecule has 112 valence electrons. The third-order valence-corrected chi connectivity index (χ3v) is 3.64. The lowest BCUT2D eigenvalue weighted by molar-refractivity contribution is -0.114. The van der Waals surface area contributed by atoms with Crippen LogP contribution >= 0.6 is 11.3 Å². The third kappa shape index (κ3) is 3.29. The van der Waals surface area contributed by atoms with Crippen molar-refractivity contribution in [3.63, 3.8) is 0 Å². The summed E-state index contributed by atoms with van der Waals surface area (Å²) in [6.45, 7) is 1.47. The molecule has 1 aromatic carbocycles. The van der Waals surface area contributed by atoms with Crippen molar-refractivity contribution in [3.8, 4) is 11.4 Å². The van der Waals surface area contributed by atoms with Gasteiger partial charge in [0.1, 0.15) is 5.82 Å². The third-order valence-electron chi connectivity index (χ3n) is 2.91. The van der Waals surface area contributed by atoms with Gasteiger partial charge in [-0.1, -0.05) is 0 Å². The van der Waals surface area contributed by atoms with Crippen LogP contribution in [0.1, 0.15) is 18.4 Å². The molecule has 0 atom stereocenters. The first-order valence-corrected chi connectivity index (χ1v) is 7.47. The van der Waals surface area contributed by atoms with Gasteiger partial charge in [0, 0.05) is 23.6 Å². The molecule has 0 bridgehead atoms. The van der Waals surface area contributed by atoms with Gasteiger partial charge in [-0.3, -0.25) is 9.89 Å². The largest absolute Gasteiger partial charge is 0.375 e. The normalized spacial score (nSPS) is 10.6. The van der Waals surface area contributed by atoms with Crippen molar-refractivity contribution in [2.45, 2.75) is 13.3 Å². The Kier molecular flexibility index (Phi) is 3.84. The number of aromatic nitrogens is 4. The van der Waals surface area contributed by atoms with Crippen LogP contribution < -0.4 is 11.1 Å².